The molecule has 13 nitrogen and oxygen atoms in total. The Hall–Kier alpha value is -7.24. The number of anilines is 1. The first kappa shape index (κ1) is 43.5. The van der Waals surface area contributed by atoms with E-state index in [-0.39, 0.29) is 35.0 Å². The largest absolute Gasteiger partial charge is 0.497 e. The van der Waals surface area contributed by atoms with Crippen LogP contribution in [0.4, 0.5) is 27.6 Å². The van der Waals surface area contributed by atoms with Gasteiger partial charge in [0.25, 0.3) is 17.7 Å². The number of nitrogens with one attached hydrogen (secondary N) is 3. The monoisotopic (exact) mass is 809 g/mol. The summed E-state index contributed by atoms with van der Waals surface area (Å²) in [6, 6.07) is 25.7. The summed E-state index contributed by atoms with van der Waals surface area (Å²) >= 11 is 0. The smallest absolute Gasteiger partial charge is 0.490 e. The van der Waals surface area contributed by atoms with Gasteiger partial charge >= 0.3 is 18.1 Å². The van der Waals surface area contributed by atoms with Gasteiger partial charge in [-0.15, -0.1) is 0 Å². The Morgan fingerprint density at radius 2 is 1.45 bits per heavy atom. The van der Waals surface area contributed by atoms with Crippen molar-refractivity contribution in [3.05, 3.63) is 137 Å². The lowest BCUT2D eigenvalue weighted by Crippen LogP contribution is -2.23. The summed E-state index contributed by atoms with van der Waals surface area (Å²) in [6.07, 6.45) is -3.96. The number of ether oxygens (including phenoxy) is 3. The van der Waals surface area contributed by atoms with Gasteiger partial charge in [-0.2, -0.15) is 26.9 Å². The van der Waals surface area contributed by atoms with Gasteiger partial charge in [0, 0.05) is 23.7 Å². The number of carbonyl (C=O) groups is 3. The summed E-state index contributed by atoms with van der Waals surface area (Å²) in [5, 5.41) is 30.4. The van der Waals surface area contributed by atoms with Crippen molar-refractivity contribution < 1.29 is 60.8 Å². The molecule has 18 heteroatoms. The molecule has 0 aliphatic carbocycles. The molecule has 0 spiro atoms. The molecule has 1 unspecified atom stereocenters. The molecule has 304 valence electrons. The van der Waals surface area contributed by atoms with E-state index in [0.717, 1.165) is 17.2 Å². The number of aryl methyl sites for hydroxylation is 1. The van der Waals surface area contributed by atoms with Gasteiger partial charge in [0.1, 0.15) is 34.3 Å². The molecule has 1 amide bonds. The fourth-order valence-corrected chi connectivity index (χ4v) is 5.05. The fourth-order valence-electron chi connectivity index (χ4n) is 5.05. The first-order valence-corrected chi connectivity index (χ1v) is 17.0. The van der Waals surface area contributed by atoms with Crippen LogP contribution < -0.4 is 30.6 Å². The third-order valence-electron chi connectivity index (χ3n) is 7.99. The van der Waals surface area contributed by atoms with Crippen LogP contribution in [0.25, 0.3) is 0 Å². The minimum Gasteiger partial charge on any atom is -0.497 e. The molecule has 5 rings (SSSR count). The van der Waals surface area contributed by atoms with Gasteiger partial charge < -0.3 is 40.8 Å². The molecule has 4 aromatic carbocycles. The minimum atomic E-state index is -5.08. The van der Waals surface area contributed by atoms with E-state index in [4.69, 9.17) is 35.3 Å². The number of amidine groups is 1. The number of alkyl halides is 3. The van der Waals surface area contributed by atoms with E-state index in [2.05, 4.69) is 15.6 Å². The zero-order chi connectivity index (χ0) is 42.6. The molecule has 7 N–H and O–H groups in total. The number of hydrogen-bond acceptors (Lipinski definition) is 9. The van der Waals surface area contributed by atoms with Gasteiger partial charge in [0.2, 0.25) is 11.6 Å². The molecule has 0 saturated heterocycles. The number of carboxylic acid groups (broad SMARTS) is 2. The number of pyridine rings is 1. The Morgan fingerprint density at radius 1 is 0.828 bits per heavy atom. The Balaban J connectivity index is 0.000000973. The molecule has 0 fully saturated rings. The Morgan fingerprint density at radius 3 is 2.07 bits per heavy atom. The van der Waals surface area contributed by atoms with E-state index in [1.54, 1.807) is 37.3 Å². The number of rotatable bonds is 15. The second-order valence-corrected chi connectivity index (χ2v) is 12.3. The molecule has 0 aliphatic rings. The van der Waals surface area contributed by atoms with Crippen LogP contribution in [0.3, 0.4) is 0 Å². The number of aliphatic carboxylic acids is 1. The first-order chi connectivity index (χ1) is 27.5. The van der Waals surface area contributed by atoms with E-state index < -0.39 is 64.7 Å². The predicted octanol–water partition coefficient (Wildman–Crippen LogP) is 7.93. The van der Waals surface area contributed by atoms with Crippen molar-refractivity contribution in [1.29, 1.82) is 5.41 Å². The number of aromatic carboxylic acids is 1. The number of nitrogen functional groups attached to an aromatic ring is 1. The molecule has 1 aromatic heterocycles. The van der Waals surface area contributed by atoms with Crippen molar-refractivity contribution in [1.82, 2.24) is 10.3 Å². The van der Waals surface area contributed by atoms with Crippen molar-refractivity contribution >= 4 is 29.4 Å². The van der Waals surface area contributed by atoms with Crippen molar-refractivity contribution in [3.8, 4) is 29.0 Å². The van der Waals surface area contributed by atoms with Gasteiger partial charge in [-0.1, -0.05) is 54.6 Å². The quantitative estimate of drug-likeness (QED) is 0.0340. The normalized spacial score (nSPS) is 11.3. The number of carbonyl (C=O) groups excluding carboxylic acids is 1. The lowest BCUT2D eigenvalue weighted by Gasteiger charge is -2.19. The SMILES string of the molecule is COc1cccc(CNC(=O)c2ccc(Oc3nc(Oc4cccc(C(=N)N)c4)c(F)c(NC(C)CCc4ccccc4)c3F)c(C(=O)O)c2)c1.O=C(O)C(F)(F)F. The average molecular weight is 810 g/mol. The summed E-state index contributed by atoms with van der Waals surface area (Å²) in [5.41, 5.74) is 6.59. The summed E-state index contributed by atoms with van der Waals surface area (Å²) in [5.74, 6) is -8.64. The maximum absolute atomic E-state index is 16.1. The van der Waals surface area contributed by atoms with Crippen LogP contribution in [0.15, 0.2) is 97.1 Å². The number of aromatic nitrogens is 1. The molecule has 0 radical (unpaired) electrons. The van der Waals surface area contributed by atoms with Crippen LogP contribution in [0.1, 0.15) is 50.8 Å². The number of benzene rings is 4. The number of amides is 1. The summed E-state index contributed by atoms with van der Waals surface area (Å²) in [4.78, 5) is 38.1. The number of nitrogens with zero attached hydrogens (tertiary/aromatic N) is 1. The van der Waals surface area contributed by atoms with Gasteiger partial charge in [-0.25, -0.2) is 9.59 Å². The van der Waals surface area contributed by atoms with Gasteiger partial charge in [0.05, 0.1) is 7.11 Å². The van der Waals surface area contributed by atoms with E-state index in [1.807, 2.05) is 30.3 Å². The summed E-state index contributed by atoms with van der Waals surface area (Å²) in [7, 11) is 1.52. The van der Waals surface area contributed by atoms with Crippen LogP contribution in [0.2, 0.25) is 0 Å². The van der Waals surface area contributed by atoms with Crippen LogP contribution in [0.5, 0.6) is 29.0 Å². The number of methoxy groups -OCH3 is 1. The molecule has 1 heterocycles. The van der Waals surface area contributed by atoms with Gasteiger partial charge in [-0.05, 0) is 73.4 Å². The molecule has 58 heavy (non-hydrogen) atoms. The third-order valence-corrected chi connectivity index (χ3v) is 7.99. The van der Waals surface area contributed by atoms with Gasteiger partial charge in [-0.3, -0.25) is 10.2 Å². The highest BCUT2D eigenvalue weighted by atomic mass is 19.4. The third kappa shape index (κ3) is 12.1. The predicted molar refractivity (Wildman–Crippen MR) is 201 cm³/mol. The second kappa shape index (κ2) is 19.6. The summed E-state index contributed by atoms with van der Waals surface area (Å²) in [6.45, 7) is 1.89. The Bertz CT molecular complexity index is 2280. The van der Waals surface area contributed by atoms with Crippen LogP contribution in [-0.4, -0.2) is 58.2 Å². The van der Waals surface area contributed by atoms with Crippen molar-refractivity contribution in [2.75, 3.05) is 12.4 Å². The highest BCUT2D eigenvalue weighted by Gasteiger charge is 2.38. The zero-order valence-electron chi connectivity index (χ0n) is 30.7. The zero-order valence-corrected chi connectivity index (χ0v) is 30.7. The highest BCUT2D eigenvalue weighted by Crippen LogP contribution is 2.38. The summed E-state index contributed by atoms with van der Waals surface area (Å²) < 4.78 is 80.3. The van der Waals surface area contributed by atoms with Crippen LogP contribution in [0, 0.1) is 17.0 Å². The maximum Gasteiger partial charge on any atom is 0.490 e. The van der Waals surface area contributed by atoms with Crippen molar-refractivity contribution in [2.45, 2.75) is 38.5 Å². The Kier molecular flexibility index (Phi) is 14.7. The van der Waals surface area contributed by atoms with E-state index in [0.29, 0.717) is 18.6 Å². The number of halogens is 5. The molecule has 1 atom stereocenters. The van der Waals surface area contributed by atoms with E-state index >= 15 is 8.78 Å². The lowest BCUT2D eigenvalue weighted by atomic mass is 10.1. The minimum absolute atomic E-state index is 0.000782. The lowest BCUT2D eigenvalue weighted by molar-refractivity contribution is -0.192. The average Bonchev–Trinajstić information content (AvgIpc) is 3.20. The Labute approximate surface area is 327 Å². The van der Waals surface area contributed by atoms with E-state index in [9.17, 15) is 27.9 Å². The fraction of sp³-hybridized carbons (Fsp3) is 0.175. The first-order valence-electron chi connectivity index (χ1n) is 17.0. The molecule has 0 aliphatic heterocycles. The van der Waals surface area contributed by atoms with Crippen molar-refractivity contribution in [3.63, 3.8) is 0 Å². The molecular weight excluding hydrogens is 773 g/mol. The van der Waals surface area contributed by atoms with Crippen LogP contribution in [-0.2, 0) is 17.8 Å². The van der Waals surface area contributed by atoms with Crippen LogP contribution >= 0.6 is 0 Å². The topological polar surface area (TPSA) is 206 Å². The second-order valence-electron chi connectivity index (χ2n) is 12.3. The molecule has 0 saturated carbocycles. The standard InChI is InChI=1S/C38H35F2N5O6.C2HF3O2/c1-22(14-15-23-8-4-3-5-9-23)44-33-31(39)36(50-28-13-7-11-25(19-28)34(41)42)45-37(32(33)40)51-30-17-16-26(20-29(30)38(47)48)35(46)43-21-24-10-6-12-27(18-24)49-2;3-2(4,5)1(6)7/h3-13,16-20,22H,14-15,21H2,1-2H3,(H3,41,42)(H,43,46)(H,44,45)(H,47,48);(H,6,7). The molecule has 5 aromatic rings. The number of hydrogen-bond donors (Lipinski definition) is 6. The molecule has 0 bridgehead atoms. The van der Waals surface area contributed by atoms with Gasteiger partial charge in [0.15, 0.2) is 0 Å². The number of carboxylic acids is 2. The number of nitrogens with two attached hydrogens (primary N) is 1. The van der Waals surface area contributed by atoms with E-state index in [1.165, 1.54) is 37.4 Å². The van der Waals surface area contributed by atoms with Crippen molar-refractivity contribution in [2.24, 2.45) is 5.73 Å². The molecular formula is C40H36F5N5O8. The highest BCUT2D eigenvalue weighted by molar-refractivity contribution is 5.99. The maximum atomic E-state index is 16.1.